The molecular formula is C34H39N3O5. The van der Waals surface area contributed by atoms with Crippen molar-refractivity contribution in [2.75, 3.05) is 25.7 Å². The van der Waals surface area contributed by atoms with E-state index in [1.165, 1.54) is 6.42 Å². The number of hydrogen-bond acceptors (Lipinski definition) is 5. The fourth-order valence-corrected chi connectivity index (χ4v) is 5.80. The molecule has 1 aromatic heterocycles. The maximum atomic E-state index is 14.4. The van der Waals surface area contributed by atoms with Crippen molar-refractivity contribution in [3.8, 4) is 17.2 Å². The Balaban J connectivity index is 1.59. The Bertz CT molecular complexity index is 1510. The van der Waals surface area contributed by atoms with Crippen LogP contribution >= 0.6 is 0 Å². The Hall–Kier alpha value is -4.46. The Morgan fingerprint density at radius 1 is 0.952 bits per heavy atom. The van der Waals surface area contributed by atoms with Gasteiger partial charge in [-0.3, -0.25) is 14.5 Å². The highest BCUT2D eigenvalue weighted by Gasteiger charge is 2.35. The van der Waals surface area contributed by atoms with Crippen molar-refractivity contribution < 1.29 is 23.8 Å². The summed E-state index contributed by atoms with van der Waals surface area (Å²) in [5.74, 6) is 1.30. The number of aromatic amines is 1. The number of nitrogens with zero attached hydrogens (tertiary/aromatic N) is 1. The molecule has 1 aliphatic carbocycles. The zero-order chi connectivity index (χ0) is 29.5. The van der Waals surface area contributed by atoms with Gasteiger partial charge in [0.25, 0.3) is 0 Å². The molecule has 0 saturated heterocycles. The lowest BCUT2D eigenvalue weighted by molar-refractivity contribution is -0.127. The summed E-state index contributed by atoms with van der Waals surface area (Å²) >= 11 is 0. The van der Waals surface area contributed by atoms with Crippen LogP contribution in [0.15, 0.2) is 72.9 Å². The van der Waals surface area contributed by atoms with Crippen LogP contribution in [-0.2, 0) is 16.0 Å². The molecule has 8 nitrogen and oxygen atoms in total. The maximum Gasteiger partial charge on any atom is 0.248 e. The van der Waals surface area contributed by atoms with E-state index in [2.05, 4.69) is 10.3 Å². The number of fused-ring (bicyclic) bond motifs is 1. The third-order valence-corrected chi connectivity index (χ3v) is 7.89. The second-order valence-electron chi connectivity index (χ2n) is 10.6. The number of amides is 2. The second-order valence-corrected chi connectivity index (χ2v) is 10.6. The van der Waals surface area contributed by atoms with Gasteiger partial charge in [-0.1, -0.05) is 43.5 Å². The molecule has 0 unspecified atom stereocenters. The van der Waals surface area contributed by atoms with Crippen LogP contribution in [0.5, 0.6) is 17.2 Å². The number of nitrogens with one attached hydrogen (secondary N) is 2. The van der Waals surface area contributed by atoms with Gasteiger partial charge >= 0.3 is 0 Å². The molecule has 0 bridgehead atoms. The van der Waals surface area contributed by atoms with Crippen molar-refractivity contribution in [3.63, 3.8) is 0 Å². The lowest BCUT2D eigenvalue weighted by Crippen LogP contribution is -2.47. The molecule has 42 heavy (non-hydrogen) atoms. The van der Waals surface area contributed by atoms with Gasteiger partial charge in [0.05, 0.1) is 27.2 Å². The number of methoxy groups -OCH3 is 2. The summed E-state index contributed by atoms with van der Waals surface area (Å²) in [4.78, 5) is 33.5. The summed E-state index contributed by atoms with van der Waals surface area (Å²) in [7, 11) is 3.13. The van der Waals surface area contributed by atoms with E-state index in [9.17, 15) is 9.59 Å². The first kappa shape index (κ1) is 29.0. The molecule has 3 aromatic carbocycles. The minimum absolute atomic E-state index is 0.0693. The predicted molar refractivity (Wildman–Crippen MR) is 164 cm³/mol. The minimum Gasteiger partial charge on any atom is -0.494 e. The first-order chi connectivity index (χ1) is 20.5. The number of para-hydroxylation sites is 1. The largest absolute Gasteiger partial charge is 0.494 e. The van der Waals surface area contributed by atoms with Crippen molar-refractivity contribution in [1.82, 2.24) is 10.3 Å². The van der Waals surface area contributed by atoms with Crippen LogP contribution in [0.25, 0.3) is 10.9 Å². The van der Waals surface area contributed by atoms with Crippen LogP contribution in [-0.4, -0.2) is 43.7 Å². The fourth-order valence-electron chi connectivity index (χ4n) is 5.80. The molecule has 220 valence electrons. The number of benzene rings is 3. The first-order valence-corrected chi connectivity index (χ1v) is 14.6. The Morgan fingerprint density at radius 2 is 1.69 bits per heavy atom. The van der Waals surface area contributed by atoms with Gasteiger partial charge in [0, 0.05) is 28.8 Å². The summed E-state index contributed by atoms with van der Waals surface area (Å²) in [5.41, 5.74) is 3.05. The van der Waals surface area contributed by atoms with Crippen molar-refractivity contribution >= 4 is 28.4 Å². The zero-order valence-electron chi connectivity index (χ0n) is 24.5. The van der Waals surface area contributed by atoms with Gasteiger partial charge in [-0.15, -0.1) is 0 Å². The van der Waals surface area contributed by atoms with Crippen molar-refractivity contribution in [2.24, 2.45) is 0 Å². The lowest BCUT2D eigenvalue weighted by Gasteiger charge is -2.34. The first-order valence-electron chi connectivity index (χ1n) is 14.6. The van der Waals surface area contributed by atoms with E-state index < -0.39 is 6.04 Å². The standard InChI is InChI=1S/C34H39N3O5/c1-4-42-27-17-15-26(16-18-27)37(32(38)21-24-22-35-29-13-9-8-12-28(24)29)33(34(39)36-25-10-6-5-7-11-25)23-14-19-30(40-2)31(20-23)41-3/h8-9,12-20,22,25,33,35H,4-7,10-11,21H2,1-3H3,(H,36,39)/t33-/m0/s1. The molecule has 0 aliphatic heterocycles. The summed E-state index contributed by atoms with van der Waals surface area (Å²) in [6.45, 7) is 2.45. The number of anilines is 1. The van der Waals surface area contributed by atoms with Gasteiger partial charge in [0.1, 0.15) is 11.8 Å². The highest BCUT2D eigenvalue weighted by atomic mass is 16.5. The van der Waals surface area contributed by atoms with E-state index >= 15 is 0 Å². The average Bonchev–Trinajstić information content (AvgIpc) is 3.43. The molecule has 8 heteroatoms. The van der Waals surface area contributed by atoms with Gasteiger partial charge in [0.2, 0.25) is 11.8 Å². The Labute approximate surface area is 247 Å². The molecule has 1 atom stereocenters. The smallest absolute Gasteiger partial charge is 0.248 e. The van der Waals surface area contributed by atoms with E-state index in [0.29, 0.717) is 35.1 Å². The van der Waals surface area contributed by atoms with Gasteiger partial charge in [-0.05, 0) is 73.4 Å². The number of ether oxygens (including phenoxy) is 3. The number of rotatable bonds is 11. The molecule has 4 aromatic rings. The number of hydrogen-bond donors (Lipinski definition) is 2. The van der Waals surface area contributed by atoms with Crippen LogP contribution in [0, 0.1) is 0 Å². The number of carbonyl (C=O) groups is 2. The van der Waals surface area contributed by atoms with Gasteiger partial charge < -0.3 is 24.5 Å². The fraction of sp³-hybridized carbons (Fsp3) is 0.353. The monoisotopic (exact) mass is 569 g/mol. The van der Waals surface area contributed by atoms with Crippen LogP contribution in [0.2, 0.25) is 0 Å². The molecular weight excluding hydrogens is 530 g/mol. The molecule has 1 saturated carbocycles. The molecule has 0 spiro atoms. The molecule has 1 fully saturated rings. The summed E-state index contributed by atoms with van der Waals surface area (Å²) in [5, 5.41) is 4.25. The zero-order valence-corrected chi connectivity index (χ0v) is 24.5. The normalized spacial score (nSPS) is 14.3. The Kier molecular flexibility index (Phi) is 9.31. The number of carbonyl (C=O) groups excluding carboxylic acids is 2. The van der Waals surface area contributed by atoms with E-state index in [0.717, 1.165) is 42.1 Å². The van der Waals surface area contributed by atoms with Gasteiger partial charge in [0.15, 0.2) is 11.5 Å². The van der Waals surface area contributed by atoms with Crippen molar-refractivity contribution in [2.45, 2.75) is 57.5 Å². The number of H-pyrrole nitrogens is 1. The average molecular weight is 570 g/mol. The van der Waals surface area contributed by atoms with Crippen molar-refractivity contribution in [1.29, 1.82) is 0 Å². The molecule has 2 amide bonds. The minimum atomic E-state index is -0.942. The van der Waals surface area contributed by atoms with Gasteiger partial charge in [-0.25, -0.2) is 0 Å². The van der Waals surface area contributed by atoms with Gasteiger partial charge in [-0.2, -0.15) is 0 Å². The highest BCUT2D eigenvalue weighted by molar-refractivity contribution is 6.03. The van der Waals surface area contributed by atoms with E-state index in [4.69, 9.17) is 14.2 Å². The lowest BCUT2D eigenvalue weighted by atomic mass is 9.94. The second kappa shape index (κ2) is 13.5. The van der Waals surface area contributed by atoms with Crippen LogP contribution in [0.3, 0.4) is 0 Å². The predicted octanol–water partition coefficient (Wildman–Crippen LogP) is 6.35. The molecule has 5 rings (SSSR count). The maximum absolute atomic E-state index is 14.4. The quantitative estimate of drug-likeness (QED) is 0.220. The highest BCUT2D eigenvalue weighted by Crippen LogP contribution is 2.36. The van der Waals surface area contributed by atoms with E-state index in [1.807, 2.05) is 67.7 Å². The third-order valence-electron chi connectivity index (χ3n) is 7.89. The molecule has 1 aliphatic rings. The number of aromatic nitrogens is 1. The van der Waals surface area contributed by atoms with Crippen LogP contribution in [0.1, 0.15) is 56.2 Å². The Morgan fingerprint density at radius 3 is 2.40 bits per heavy atom. The van der Waals surface area contributed by atoms with Crippen LogP contribution < -0.4 is 24.4 Å². The molecule has 2 N–H and O–H groups in total. The summed E-state index contributed by atoms with van der Waals surface area (Å²) < 4.78 is 16.7. The summed E-state index contributed by atoms with van der Waals surface area (Å²) in [6.07, 6.45) is 7.16. The van der Waals surface area contributed by atoms with E-state index in [-0.39, 0.29) is 24.3 Å². The third kappa shape index (κ3) is 6.38. The molecule has 0 radical (unpaired) electrons. The van der Waals surface area contributed by atoms with Crippen LogP contribution in [0.4, 0.5) is 5.69 Å². The van der Waals surface area contributed by atoms with E-state index in [1.54, 1.807) is 31.3 Å². The topological polar surface area (TPSA) is 92.9 Å². The van der Waals surface area contributed by atoms with Crippen molar-refractivity contribution in [3.05, 3.63) is 84.1 Å². The SMILES string of the molecule is CCOc1ccc(N(C(=O)Cc2c[nH]c3ccccc23)[C@H](C(=O)NC2CCCCC2)c2ccc(OC)c(OC)c2)cc1. The molecule has 1 heterocycles. The summed E-state index contributed by atoms with van der Waals surface area (Å²) in [6, 6.07) is 19.7.